The maximum absolute atomic E-state index is 12.2. The van der Waals surface area contributed by atoms with Gasteiger partial charge in [-0.3, -0.25) is 5.32 Å². The fraction of sp³-hybridized carbons (Fsp3) is 0.312. The predicted molar refractivity (Wildman–Crippen MR) is 81.7 cm³/mol. The zero-order chi connectivity index (χ0) is 14.4. The molecular formula is C16H19NO2S. The SMILES string of the molecule is CCOC(=O)C(N[C@H](C)c1cccs1)c1ccccc1. The summed E-state index contributed by atoms with van der Waals surface area (Å²) in [7, 11) is 0. The van der Waals surface area contributed by atoms with Gasteiger partial charge in [0.25, 0.3) is 0 Å². The van der Waals surface area contributed by atoms with E-state index >= 15 is 0 Å². The highest BCUT2D eigenvalue weighted by atomic mass is 32.1. The molecule has 1 N–H and O–H groups in total. The van der Waals surface area contributed by atoms with Crippen LogP contribution in [-0.4, -0.2) is 12.6 Å². The van der Waals surface area contributed by atoms with Crippen molar-refractivity contribution in [3.63, 3.8) is 0 Å². The number of esters is 1. The summed E-state index contributed by atoms with van der Waals surface area (Å²) in [4.78, 5) is 13.4. The number of benzene rings is 1. The lowest BCUT2D eigenvalue weighted by Crippen LogP contribution is -2.32. The molecule has 0 saturated heterocycles. The van der Waals surface area contributed by atoms with Gasteiger partial charge in [0.2, 0.25) is 0 Å². The average Bonchev–Trinajstić information content (AvgIpc) is 3.00. The summed E-state index contributed by atoms with van der Waals surface area (Å²) < 4.78 is 5.18. The van der Waals surface area contributed by atoms with Gasteiger partial charge in [-0.2, -0.15) is 0 Å². The minimum absolute atomic E-state index is 0.101. The van der Waals surface area contributed by atoms with E-state index in [1.807, 2.05) is 48.7 Å². The maximum atomic E-state index is 12.2. The van der Waals surface area contributed by atoms with E-state index in [2.05, 4.69) is 18.3 Å². The number of hydrogen-bond acceptors (Lipinski definition) is 4. The summed E-state index contributed by atoms with van der Waals surface area (Å²) in [5.74, 6) is -0.234. The van der Waals surface area contributed by atoms with E-state index in [9.17, 15) is 4.79 Å². The first-order valence-electron chi connectivity index (χ1n) is 6.73. The second-order valence-corrected chi connectivity index (χ2v) is 5.48. The number of carbonyl (C=O) groups is 1. The number of hydrogen-bond donors (Lipinski definition) is 1. The van der Waals surface area contributed by atoms with Crippen molar-refractivity contribution in [2.75, 3.05) is 6.61 Å². The van der Waals surface area contributed by atoms with E-state index < -0.39 is 6.04 Å². The Morgan fingerprint density at radius 3 is 2.60 bits per heavy atom. The van der Waals surface area contributed by atoms with Crippen molar-refractivity contribution in [3.05, 3.63) is 58.3 Å². The quantitative estimate of drug-likeness (QED) is 0.824. The molecular weight excluding hydrogens is 270 g/mol. The molecule has 1 aromatic carbocycles. The smallest absolute Gasteiger partial charge is 0.327 e. The summed E-state index contributed by atoms with van der Waals surface area (Å²) in [6.45, 7) is 4.26. The van der Waals surface area contributed by atoms with Crippen LogP contribution in [0.2, 0.25) is 0 Å². The van der Waals surface area contributed by atoms with Crippen LogP contribution in [0, 0.1) is 0 Å². The maximum Gasteiger partial charge on any atom is 0.327 e. The van der Waals surface area contributed by atoms with Crippen molar-refractivity contribution in [2.24, 2.45) is 0 Å². The molecule has 0 bridgehead atoms. The van der Waals surface area contributed by atoms with Gasteiger partial charge < -0.3 is 4.74 Å². The number of ether oxygens (including phenoxy) is 1. The lowest BCUT2D eigenvalue weighted by Gasteiger charge is -2.21. The Labute approximate surface area is 123 Å². The van der Waals surface area contributed by atoms with E-state index in [-0.39, 0.29) is 12.0 Å². The van der Waals surface area contributed by atoms with Gasteiger partial charge in [0.05, 0.1) is 6.61 Å². The molecule has 0 amide bonds. The Balaban J connectivity index is 2.17. The molecule has 0 spiro atoms. The number of carbonyl (C=O) groups excluding carboxylic acids is 1. The lowest BCUT2D eigenvalue weighted by molar-refractivity contribution is -0.146. The highest BCUT2D eigenvalue weighted by Crippen LogP contribution is 2.23. The van der Waals surface area contributed by atoms with Gasteiger partial charge in [0.1, 0.15) is 6.04 Å². The Hall–Kier alpha value is -1.65. The van der Waals surface area contributed by atoms with Crippen LogP contribution in [0.3, 0.4) is 0 Å². The first-order chi connectivity index (χ1) is 9.72. The second-order valence-electron chi connectivity index (χ2n) is 4.50. The molecule has 0 saturated carbocycles. The van der Waals surface area contributed by atoms with Crippen molar-refractivity contribution in [1.29, 1.82) is 0 Å². The molecule has 2 aromatic rings. The zero-order valence-electron chi connectivity index (χ0n) is 11.7. The summed E-state index contributed by atoms with van der Waals surface area (Å²) in [5.41, 5.74) is 0.925. The van der Waals surface area contributed by atoms with Crippen LogP contribution in [0.15, 0.2) is 47.8 Å². The molecule has 0 aliphatic heterocycles. The molecule has 1 heterocycles. The van der Waals surface area contributed by atoms with Crippen LogP contribution in [0.1, 0.15) is 36.4 Å². The van der Waals surface area contributed by atoms with Gasteiger partial charge in [-0.1, -0.05) is 36.4 Å². The highest BCUT2D eigenvalue weighted by molar-refractivity contribution is 7.10. The Kier molecular flexibility index (Phi) is 5.32. The molecule has 106 valence electrons. The first-order valence-corrected chi connectivity index (χ1v) is 7.61. The van der Waals surface area contributed by atoms with Crippen LogP contribution >= 0.6 is 11.3 Å². The molecule has 0 aliphatic carbocycles. The van der Waals surface area contributed by atoms with Crippen molar-refractivity contribution >= 4 is 17.3 Å². The minimum atomic E-state index is -0.437. The van der Waals surface area contributed by atoms with Crippen LogP contribution < -0.4 is 5.32 Å². The fourth-order valence-electron chi connectivity index (χ4n) is 2.04. The van der Waals surface area contributed by atoms with Gasteiger partial charge in [0, 0.05) is 10.9 Å². The van der Waals surface area contributed by atoms with E-state index in [0.29, 0.717) is 6.61 Å². The topological polar surface area (TPSA) is 38.3 Å². The normalized spacial score (nSPS) is 13.7. The monoisotopic (exact) mass is 289 g/mol. The molecule has 20 heavy (non-hydrogen) atoms. The molecule has 1 aromatic heterocycles. The van der Waals surface area contributed by atoms with E-state index in [4.69, 9.17) is 4.74 Å². The highest BCUT2D eigenvalue weighted by Gasteiger charge is 2.24. The molecule has 0 radical (unpaired) electrons. The molecule has 3 nitrogen and oxygen atoms in total. The fourth-order valence-corrected chi connectivity index (χ4v) is 2.78. The van der Waals surface area contributed by atoms with Gasteiger partial charge in [-0.25, -0.2) is 4.79 Å². The van der Waals surface area contributed by atoms with Crippen molar-refractivity contribution < 1.29 is 9.53 Å². The molecule has 0 aliphatic rings. The summed E-state index contributed by atoms with van der Waals surface area (Å²) in [6.07, 6.45) is 0. The third kappa shape index (κ3) is 3.68. The molecule has 2 atom stereocenters. The predicted octanol–water partition coefficient (Wildman–Crippen LogP) is 3.70. The zero-order valence-corrected chi connectivity index (χ0v) is 12.5. The number of thiophene rings is 1. The van der Waals surface area contributed by atoms with Gasteiger partial charge in [0.15, 0.2) is 0 Å². The standard InChI is InChI=1S/C16H19NO2S/c1-3-19-16(18)15(13-8-5-4-6-9-13)17-12(2)14-10-7-11-20-14/h4-12,15,17H,3H2,1-2H3/t12-,15?/m1/s1. The minimum Gasteiger partial charge on any atom is -0.465 e. The van der Waals surface area contributed by atoms with Crippen LogP contribution in [-0.2, 0) is 9.53 Å². The van der Waals surface area contributed by atoms with E-state index in [0.717, 1.165) is 5.56 Å². The van der Waals surface area contributed by atoms with E-state index in [1.165, 1.54) is 4.88 Å². The van der Waals surface area contributed by atoms with Gasteiger partial charge >= 0.3 is 5.97 Å². The van der Waals surface area contributed by atoms with Gasteiger partial charge in [-0.05, 0) is 30.9 Å². The Morgan fingerprint density at radius 2 is 2.00 bits per heavy atom. The summed E-state index contributed by atoms with van der Waals surface area (Å²) >= 11 is 1.68. The van der Waals surface area contributed by atoms with Crippen LogP contribution in [0.5, 0.6) is 0 Å². The Bertz CT molecular complexity index is 525. The largest absolute Gasteiger partial charge is 0.465 e. The third-order valence-corrected chi connectivity index (χ3v) is 4.10. The molecule has 2 rings (SSSR count). The second kappa shape index (κ2) is 7.22. The number of rotatable bonds is 6. The van der Waals surface area contributed by atoms with Crippen molar-refractivity contribution in [2.45, 2.75) is 25.9 Å². The summed E-state index contributed by atoms with van der Waals surface area (Å²) in [5, 5.41) is 5.39. The van der Waals surface area contributed by atoms with Crippen LogP contribution in [0.4, 0.5) is 0 Å². The lowest BCUT2D eigenvalue weighted by atomic mass is 10.1. The first kappa shape index (κ1) is 14.8. The molecule has 0 fully saturated rings. The average molecular weight is 289 g/mol. The van der Waals surface area contributed by atoms with Crippen LogP contribution in [0.25, 0.3) is 0 Å². The Morgan fingerprint density at radius 1 is 1.25 bits per heavy atom. The molecule has 4 heteroatoms. The van der Waals surface area contributed by atoms with Crippen molar-refractivity contribution in [1.82, 2.24) is 5.32 Å². The number of nitrogens with one attached hydrogen (secondary N) is 1. The summed E-state index contributed by atoms with van der Waals surface area (Å²) in [6, 6.07) is 13.4. The third-order valence-electron chi connectivity index (χ3n) is 3.04. The molecule has 1 unspecified atom stereocenters. The van der Waals surface area contributed by atoms with Crippen molar-refractivity contribution in [3.8, 4) is 0 Å². The van der Waals surface area contributed by atoms with E-state index in [1.54, 1.807) is 11.3 Å². The van der Waals surface area contributed by atoms with Gasteiger partial charge in [-0.15, -0.1) is 11.3 Å².